The molecule has 17 heavy (non-hydrogen) atoms. The van der Waals surface area contributed by atoms with Crippen molar-refractivity contribution in [1.82, 2.24) is 0 Å². The van der Waals surface area contributed by atoms with E-state index in [1.165, 1.54) is 16.3 Å². The highest BCUT2D eigenvalue weighted by Crippen LogP contribution is 2.35. The summed E-state index contributed by atoms with van der Waals surface area (Å²) in [5, 5.41) is 2.51. The van der Waals surface area contributed by atoms with Gasteiger partial charge in [-0.05, 0) is 38.7 Å². The first-order valence-corrected chi connectivity index (χ1v) is 6.59. The SMILES string of the molecule is Brc1c(C2CC=CCO2)ccc2ccccc12. The van der Waals surface area contributed by atoms with Gasteiger partial charge in [-0.25, -0.2) is 0 Å². The maximum Gasteiger partial charge on any atom is 0.0874 e. The number of hydrogen-bond donors (Lipinski definition) is 0. The van der Waals surface area contributed by atoms with Gasteiger partial charge < -0.3 is 4.74 Å². The summed E-state index contributed by atoms with van der Waals surface area (Å²) in [4.78, 5) is 0. The topological polar surface area (TPSA) is 9.23 Å². The fourth-order valence-electron chi connectivity index (χ4n) is 2.24. The number of hydrogen-bond acceptors (Lipinski definition) is 1. The normalized spacial score (nSPS) is 19.7. The van der Waals surface area contributed by atoms with E-state index < -0.39 is 0 Å². The molecule has 2 heteroatoms. The Morgan fingerprint density at radius 1 is 1.06 bits per heavy atom. The van der Waals surface area contributed by atoms with Crippen molar-refractivity contribution in [3.8, 4) is 0 Å². The minimum Gasteiger partial charge on any atom is -0.369 e. The minimum atomic E-state index is 0.180. The van der Waals surface area contributed by atoms with E-state index in [2.05, 4.69) is 64.5 Å². The molecule has 0 bridgehead atoms. The molecule has 0 spiro atoms. The molecule has 0 aliphatic carbocycles. The second-order valence-electron chi connectivity index (χ2n) is 4.22. The van der Waals surface area contributed by atoms with Gasteiger partial charge in [0.1, 0.15) is 0 Å². The van der Waals surface area contributed by atoms with Crippen molar-refractivity contribution in [3.05, 3.63) is 58.6 Å². The van der Waals surface area contributed by atoms with E-state index in [1.807, 2.05) is 0 Å². The summed E-state index contributed by atoms with van der Waals surface area (Å²) in [5.74, 6) is 0. The molecule has 0 radical (unpaired) electrons. The van der Waals surface area contributed by atoms with Crippen molar-refractivity contribution in [3.63, 3.8) is 0 Å². The Morgan fingerprint density at radius 2 is 1.94 bits per heavy atom. The van der Waals surface area contributed by atoms with Crippen LogP contribution in [0.5, 0.6) is 0 Å². The van der Waals surface area contributed by atoms with Gasteiger partial charge in [0, 0.05) is 4.47 Å². The summed E-state index contributed by atoms with van der Waals surface area (Å²) in [6, 6.07) is 12.7. The van der Waals surface area contributed by atoms with E-state index >= 15 is 0 Å². The van der Waals surface area contributed by atoms with Gasteiger partial charge in [0.2, 0.25) is 0 Å². The molecule has 0 saturated carbocycles. The predicted molar refractivity (Wildman–Crippen MR) is 74.1 cm³/mol. The van der Waals surface area contributed by atoms with Crippen LogP contribution in [0.2, 0.25) is 0 Å². The molecular weight excluding hydrogens is 276 g/mol. The molecule has 0 saturated heterocycles. The lowest BCUT2D eigenvalue weighted by molar-refractivity contribution is 0.0674. The average molecular weight is 289 g/mol. The number of rotatable bonds is 1. The van der Waals surface area contributed by atoms with Gasteiger partial charge >= 0.3 is 0 Å². The largest absolute Gasteiger partial charge is 0.369 e. The molecule has 1 unspecified atom stereocenters. The fraction of sp³-hybridized carbons (Fsp3) is 0.200. The lowest BCUT2D eigenvalue weighted by atomic mass is 10.0. The highest BCUT2D eigenvalue weighted by molar-refractivity contribution is 9.10. The zero-order valence-corrected chi connectivity index (χ0v) is 11.0. The highest BCUT2D eigenvalue weighted by Gasteiger charge is 2.16. The molecule has 2 aromatic rings. The first-order valence-electron chi connectivity index (χ1n) is 5.80. The molecule has 0 aromatic heterocycles. The third-order valence-corrected chi connectivity index (χ3v) is 4.04. The predicted octanol–water partition coefficient (Wildman–Crippen LogP) is 4.62. The number of ether oxygens (including phenoxy) is 1. The third kappa shape index (κ3) is 2.03. The van der Waals surface area contributed by atoms with E-state index in [0.717, 1.165) is 10.9 Å². The van der Waals surface area contributed by atoms with Crippen LogP contribution in [0.15, 0.2) is 53.0 Å². The van der Waals surface area contributed by atoms with Crippen molar-refractivity contribution in [2.45, 2.75) is 12.5 Å². The number of benzene rings is 2. The lowest BCUT2D eigenvalue weighted by Crippen LogP contribution is -2.08. The molecule has 1 nitrogen and oxygen atoms in total. The van der Waals surface area contributed by atoms with Gasteiger partial charge in [-0.1, -0.05) is 48.6 Å². The van der Waals surface area contributed by atoms with Gasteiger partial charge in [0.25, 0.3) is 0 Å². The smallest absolute Gasteiger partial charge is 0.0874 e. The molecule has 1 heterocycles. The molecule has 2 aromatic carbocycles. The Balaban J connectivity index is 2.11. The van der Waals surface area contributed by atoms with Crippen LogP contribution in [0.1, 0.15) is 18.1 Å². The average Bonchev–Trinajstić information content (AvgIpc) is 2.40. The lowest BCUT2D eigenvalue weighted by Gasteiger charge is -2.21. The molecular formula is C15H13BrO. The summed E-state index contributed by atoms with van der Waals surface area (Å²) in [7, 11) is 0. The summed E-state index contributed by atoms with van der Waals surface area (Å²) in [5.41, 5.74) is 1.24. The Bertz CT molecular complexity index is 574. The molecule has 1 aliphatic heterocycles. The van der Waals surface area contributed by atoms with Crippen molar-refractivity contribution in [2.24, 2.45) is 0 Å². The van der Waals surface area contributed by atoms with E-state index in [-0.39, 0.29) is 6.10 Å². The first-order chi connectivity index (χ1) is 8.36. The van der Waals surface area contributed by atoms with Crippen molar-refractivity contribution < 1.29 is 4.74 Å². The summed E-state index contributed by atoms with van der Waals surface area (Å²) >= 11 is 3.71. The maximum absolute atomic E-state index is 5.78. The molecule has 0 fully saturated rings. The summed E-state index contributed by atoms with van der Waals surface area (Å²) in [6.07, 6.45) is 5.40. The quantitative estimate of drug-likeness (QED) is 0.696. The van der Waals surface area contributed by atoms with Crippen molar-refractivity contribution in [1.29, 1.82) is 0 Å². The van der Waals surface area contributed by atoms with E-state index in [9.17, 15) is 0 Å². The molecule has 1 aliphatic rings. The van der Waals surface area contributed by atoms with Gasteiger partial charge in [0.05, 0.1) is 12.7 Å². The van der Waals surface area contributed by atoms with E-state index in [4.69, 9.17) is 4.74 Å². The van der Waals surface area contributed by atoms with E-state index in [0.29, 0.717) is 6.61 Å². The van der Waals surface area contributed by atoms with Gasteiger partial charge in [-0.3, -0.25) is 0 Å². The van der Waals surface area contributed by atoms with Gasteiger partial charge in [0.15, 0.2) is 0 Å². The molecule has 3 rings (SSSR count). The van der Waals surface area contributed by atoms with Crippen LogP contribution in [-0.2, 0) is 4.74 Å². The third-order valence-electron chi connectivity index (χ3n) is 3.15. The van der Waals surface area contributed by atoms with Crippen molar-refractivity contribution in [2.75, 3.05) is 6.61 Å². The Hall–Kier alpha value is -1.12. The van der Waals surface area contributed by atoms with Crippen molar-refractivity contribution >= 4 is 26.7 Å². The van der Waals surface area contributed by atoms with Crippen LogP contribution in [0.3, 0.4) is 0 Å². The zero-order chi connectivity index (χ0) is 11.7. The van der Waals surface area contributed by atoms with E-state index in [1.54, 1.807) is 0 Å². The number of fused-ring (bicyclic) bond motifs is 1. The van der Waals surface area contributed by atoms with Gasteiger partial charge in [-0.15, -0.1) is 0 Å². The fourth-order valence-corrected chi connectivity index (χ4v) is 2.99. The van der Waals surface area contributed by atoms with Crippen LogP contribution in [0.25, 0.3) is 10.8 Å². The first kappa shape index (κ1) is 11.0. The van der Waals surface area contributed by atoms with Crippen LogP contribution < -0.4 is 0 Å². The Morgan fingerprint density at radius 3 is 2.76 bits per heavy atom. The molecule has 0 N–H and O–H groups in total. The Kier molecular flexibility index (Phi) is 3.00. The molecule has 0 amide bonds. The second-order valence-corrected chi connectivity index (χ2v) is 5.01. The van der Waals surface area contributed by atoms with Crippen LogP contribution in [-0.4, -0.2) is 6.61 Å². The number of halogens is 1. The molecule has 86 valence electrons. The van der Waals surface area contributed by atoms with Gasteiger partial charge in [-0.2, -0.15) is 0 Å². The molecule has 1 atom stereocenters. The second kappa shape index (κ2) is 4.63. The van der Waals surface area contributed by atoms with Crippen LogP contribution >= 0.6 is 15.9 Å². The standard InChI is InChI=1S/C15H13BrO/c16-15-12-6-2-1-5-11(12)8-9-13(15)14-7-3-4-10-17-14/h1-6,8-9,14H,7,10H2. The zero-order valence-electron chi connectivity index (χ0n) is 9.40. The maximum atomic E-state index is 5.78. The monoisotopic (exact) mass is 288 g/mol. The Labute approximate surface area is 109 Å². The summed E-state index contributed by atoms with van der Waals surface area (Å²) in [6.45, 7) is 0.712. The highest BCUT2D eigenvalue weighted by atomic mass is 79.9. The van der Waals surface area contributed by atoms with Crippen LogP contribution in [0, 0.1) is 0 Å². The van der Waals surface area contributed by atoms with Crippen LogP contribution in [0.4, 0.5) is 0 Å². The summed E-state index contributed by atoms with van der Waals surface area (Å²) < 4.78 is 6.94. The minimum absolute atomic E-state index is 0.180.